The van der Waals surface area contributed by atoms with Gasteiger partial charge in [-0.15, -0.1) is 0 Å². The average molecular weight is 438 g/mol. The van der Waals surface area contributed by atoms with Crippen molar-refractivity contribution in [3.8, 4) is 0 Å². The molecule has 3 rings (SSSR count). The molecule has 1 N–H and O–H groups in total. The van der Waals surface area contributed by atoms with Crippen molar-refractivity contribution in [2.75, 3.05) is 39.1 Å². The lowest BCUT2D eigenvalue weighted by atomic mass is 10.0. The lowest BCUT2D eigenvalue weighted by molar-refractivity contribution is 0.0638. The predicted octanol–water partition coefficient (Wildman–Crippen LogP) is 0.863. The minimum atomic E-state index is -3.22. The van der Waals surface area contributed by atoms with E-state index in [4.69, 9.17) is 4.74 Å². The van der Waals surface area contributed by atoms with Crippen molar-refractivity contribution >= 4 is 27.7 Å². The van der Waals surface area contributed by atoms with Gasteiger partial charge >= 0.3 is 0 Å². The third-order valence-electron chi connectivity index (χ3n) is 5.51. The van der Waals surface area contributed by atoms with Gasteiger partial charge in [0, 0.05) is 45.0 Å². The van der Waals surface area contributed by atoms with Crippen LogP contribution in [0.1, 0.15) is 57.3 Å². The Morgan fingerprint density at radius 2 is 1.83 bits per heavy atom. The van der Waals surface area contributed by atoms with Gasteiger partial charge in [0.2, 0.25) is 10.0 Å². The number of piperidine rings is 1. The van der Waals surface area contributed by atoms with Crippen LogP contribution >= 0.6 is 0 Å². The molecule has 0 unspecified atom stereocenters. The van der Waals surface area contributed by atoms with Gasteiger partial charge in [-0.25, -0.2) is 12.7 Å². The van der Waals surface area contributed by atoms with Gasteiger partial charge < -0.3 is 10.1 Å². The van der Waals surface area contributed by atoms with Crippen LogP contribution in [0.25, 0.3) is 0 Å². The number of ether oxygens (including phenoxy) is 1. The van der Waals surface area contributed by atoms with E-state index in [1.54, 1.807) is 14.0 Å². The van der Waals surface area contributed by atoms with E-state index in [0.29, 0.717) is 50.1 Å². The molecule has 1 aromatic rings. The van der Waals surface area contributed by atoms with Gasteiger partial charge in [0.05, 0.1) is 16.9 Å². The number of nitrogens with zero attached hydrogens (tertiary/aromatic N) is 2. The predicted molar refractivity (Wildman–Crippen MR) is 110 cm³/mol. The number of carbonyl (C=O) groups excluding carboxylic acids is 3. The van der Waals surface area contributed by atoms with E-state index in [0.717, 1.165) is 0 Å². The third-order valence-corrected chi connectivity index (χ3v) is 7.39. The molecule has 0 aromatic heterocycles. The molecule has 0 aliphatic carbocycles. The van der Waals surface area contributed by atoms with Crippen LogP contribution in [0.2, 0.25) is 0 Å². The molecule has 0 saturated carbocycles. The molecule has 164 valence electrons. The molecule has 1 fully saturated rings. The molecule has 1 saturated heterocycles. The van der Waals surface area contributed by atoms with Crippen LogP contribution in [-0.2, 0) is 14.8 Å². The smallest absolute Gasteiger partial charge is 0.261 e. The van der Waals surface area contributed by atoms with Gasteiger partial charge in [0.25, 0.3) is 17.7 Å². The Hall–Kier alpha value is -2.30. The second-order valence-electron chi connectivity index (χ2n) is 7.42. The summed E-state index contributed by atoms with van der Waals surface area (Å²) in [7, 11) is -1.66. The Bertz CT molecular complexity index is 938. The molecule has 0 bridgehead atoms. The number of hydrogen-bond donors (Lipinski definition) is 1. The number of carbonyl (C=O) groups is 3. The Morgan fingerprint density at radius 1 is 1.17 bits per heavy atom. The highest BCUT2D eigenvalue weighted by Gasteiger charge is 2.36. The zero-order valence-electron chi connectivity index (χ0n) is 17.2. The molecule has 0 spiro atoms. The summed E-state index contributed by atoms with van der Waals surface area (Å²) in [5.74, 6) is -1.04. The standard InChI is InChI=1S/C20H27N3O6S/c1-3-30(27,28)22-10-7-15(8-11-22)21-18(24)14-5-6-16-17(13-14)20(26)23(19(16)25)9-4-12-29-2/h5-6,13,15H,3-4,7-12H2,1-2H3,(H,21,24). The summed E-state index contributed by atoms with van der Waals surface area (Å²) in [6.45, 7) is 3.06. The summed E-state index contributed by atoms with van der Waals surface area (Å²) in [4.78, 5) is 38.9. The van der Waals surface area contributed by atoms with E-state index in [1.165, 1.54) is 27.4 Å². The molecule has 2 aliphatic heterocycles. The monoisotopic (exact) mass is 437 g/mol. The van der Waals surface area contributed by atoms with Crippen LogP contribution in [0.15, 0.2) is 18.2 Å². The van der Waals surface area contributed by atoms with Gasteiger partial charge in [-0.1, -0.05) is 0 Å². The van der Waals surface area contributed by atoms with E-state index in [1.807, 2.05) is 0 Å². The van der Waals surface area contributed by atoms with Crippen LogP contribution in [0, 0.1) is 0 Å². The topological polar surface area (TPSA) is 113 Å². The number of methoxy groups -OCH3 is 1. The fraction of sp³-hybridized carbons (Fsp3) is 0.550. The second-order valence-corrected chi connectivity index (χ2v) is 9.67. The van der Waals surface area contributed by atoms with Gasteiger partial charge in [-0.05, 0) is 44.4 Å². The maximum absolute atomic E-state index is 12.7. The van der Waals surface area contributed by atoms with Crippen molar-refractivity contribution in [3.05, 3.63) is 34.9 Å². The lowest BCUT2D eigenvalue weighted by Crippen LogP contribution is -2.46. The van der Waals surface area contributed by atoms with Crippen molar-refractivity contribution < 1.29 is 27.5 Å². The Morgan fingerprint density at radius 3 is 2.47 bits per heavy atom. The number of nitrogens with one attached hydrogen (secondary N) is 1. The molecule has 9 nitrogen and oxygen atoms in total. The zero-order chi connectivity index (χ0) is 21.9. The first-order chi connectivity index (χ1) is 14.3. The number of imide groups is 1. The van der Waals surface area contributed by atoms with Crippen LogP contribution < -0.4 is 5.32 Å². The molecule has 0 atom stereocenters. The molecule has 2 aliphatic rings. The molecule has 1 aromatic carbocycles. The summed E-state index contributed by atoms with van der Waals surface area (Å²) in [6.07, 6.45) is 1.60. The van der Waals surface area contributed by atoms with Crippen LogP contribution in [0.5, 0.6) is 0 Å². The van der Waals surface area contributed by atoms with E-state index >= 15 is 0 Å². The van der Waals surface area contributed by atoms with Crippen molar-refractivity contribution in [1.82, 2.24) is 14.5 Å². The molecular formula is C20H27N3O6S. The number of benzene rings is 1. The van der Waals surface area contributed by atoms with Crippen molar-refractivity contribution in [1.29, 1.82) is 0 Å². The quantitative estimate of drug-likeness (QED) is 0.477. The van der Waals surface area contributed by atoms with E-state index in [2.05, 4.69) is 5.32 Å². The normalized spacial score (nSPS) is 18.0. The van der Waals surface area contributed by atoms with Crippen LogP contribution in [-0.4, -0.2) is 80.5 Å². The van der Waals surface area contributed by atoms with E-state index in [9.17, 15) is 22.8 Å². The highest BCUT2D eigenvalue weighted by Crippen LogP contribution is 2.24. The maximum Gasteiger partial charge on any atom is 0.261 e. The Kier molecular flexibility index (Phi) is 6.89. The average Bonchev–Trinajstić information content (AvgIpc) is 2.98. The van der Waals surface area contributed by atoms with Crippen molar-refractivity contribution in [2.45, 2.75) is 32.2 Å². The number of rotatable bonds is 8. The molecule has 3 amide bonds. The van der Waals surface area contributed by atoms with Crippen molar-refractivity contribution in [2.24, 2.45) is 0 Å². The third kappa shape index (κ3) is 4.55. The molecule has 0 radical (unpaired) electrons. The lowest BCUT2D eigenvalue weighted by Gasteiger charge is -2.31. The van der Waals surface area contributed by atoms with E-state index < -0.39 is 15.9 Å². The molecular weight excluding hydrogens is 410 g/mol. The first-order valence-corrected chi connectivity index (χ1v) is 11.7. The van der Waals surface area contributed by atoms with Crippen molar-refractivity contribution in [3.63, 3.8) is 0 Å². The SMILES string of the molecule is CCS(=O)(=O)N1CCC(NC(=O)c2ccc3c(c2)C(=O)N(CCCOC)C3=O)CC1. The Balaban J connectivity index is 1.63. The van der Waals surface area contributed by atoms with Gasteiger partial charge in [0.1, 0.15) is 0 Å². The summed E-state index contributed by atoms with van der Waals surface area (Å²) in [6, 6.07) is 4.36. The highest BCUT2D eigenvalue weighted by atomic mass is 32.2. The minimum Gasteiger partial charge on any atom is -0.385 e. The summed E-state index contributed by atoms with van der Waals surface area (Å²) in [5, 5.41) is 2.91. The first-order valence-electron chi connectivity index (χ1n) is 10.1. The fourth-order valence-electron chi connectivity index (χ4n) is 3.73. The van der Waals surface area contributed by atoms with Crippen LogP contribution in [0.3, 0.4) is 0 Å². The van der Waals surface area contributed by atoms with Gasteiger partial charge in [0.15, 0.2) is 0 Å². The zero-order valence-corrected chi connectivity index (χ0v) is 18.0. The van der Waals surface area contributed by atoms with Gasteiger partial charge in [-0.3, -0.25) is 19.3 Å². The summed E-state index contributed by atoms with van der Waals surface area (Å²) in [5.41, 5.74) is 0.832. The minimum absolute atomic E-state index is 0.0639. The van der Waals surface area contributed by atoms with Crippen LogP contribution in [0.4, 0.5) is 0 Å². The fourth-order valence-corrected chi connectivity index (χ4v) is 4.86. The molecule has 10 heteroatoms. The van der Waals surface area contributed by atoms with Gasteiger partial charge in [-0.2, -0.15) is 0 Å². The summed E-state index contributed by atoms with van der Waals surface area (Å²) >= 11 is 0. The number of amides is 3. The largest absolute Gasteiger partial charge is 0.385 e. The second kappa shape index (κ2) is 9.23. The Labute approximate surface area is 176 Å². The maximum atomic E-state index is 12.7. The molecule has 2 heterocycles. The number of hydrogen-bond acceptors (Lipinski definition) is 6. The highest BCUT2D eigenvalue weighted by molar-refractivity contribution is 7.89. The number of fused-ring (bicyclic) bond motifs is 1. The summed E-state index contributed by atoms with van der Waals surface area (Å²) < 4.78 is 30.3. The molecule has 30 heavy (non-hydrogen) atoms. The first kappa shape index (κ1) is 22.4. The van der Waals surface area contributed by atoms with E-state index in [-0.39, 0.29) is 35.7 Å². The number of sulfonamides is 1.